The van der Waals surface area contributed by atoms with E-state index in [2.05, 4.69) is 10.3 Å². The summed E-state index contributed by atoms with van der Waals surface area (Å²) in [5.74, 6) is -1.79. The van der Waals surface area contributed by atoms with Gasteiger partial charge in [-0.2, -0.15) is 0 Å². The van der Waals surface area contributed by atoms with Gasteiger partial charge in [0, 0.05) is 23.3 Å². The van der Waals surface area contributed by atoms with E-state index in [4.69, 9.17) is 4.74 Å². The molecule has 0 saturated carbocycles. The highest BCUT2D eigenvalue weighted by atomic mass is 32.1. The van der Waals surface area contributed by atoms with Crippen molar-refractivity contribution in [1.29, 1.82) is 0 Å². The maximum atomic E-state index is 12.8. The Morgan fingerprint density at radius 1 is 0.970 bits per heavy atom. The Hall–Kier alpha value is -4.44. The third-order valence-electron chi connectivity index (χ3n) is 4.59. The largest absolute Gasteiger partial charge is 0.452 e. The SMILES string of the molecule is O=C(COC(=O)c1ccccc1C(=O)c1ccccc1)Nc1nc2ccc([N+](=O)[O-])cc2s1. The van der Waals surface area contributed by atoms with E-state index >= 15 is 0 Å². The van der Waals surface area contributed by atoms with Gasteiger partial charge in [-0.3, -0.25) is 25.0 Å². The molecule has 1 heterocycles. The van der Waals surface area contributed by atoms with Crippen molar-refractivity contribution < 1.29 is 24.0 Å². The number of non-ortho nitro benzene ring substituents is 1. The zero-order valence-corrected chi connectivity index (χ0v) is 17.7. The Kier molecular flexibility index (Phi) is 6.18. The molecule has 10 heteroatoms. The fraction of sp³-hybridized carbons (Fsp3) is 0.0435. The fourth-order valence-electron chi connectivity index (χ4n) is 3.05. The van der Waals surface area contributed by atoms with Gasteiger partial charge in [-0.15, -0.1) is 0 Å². The number of nitrogens with zero attached hydrogens (tertiary/aromatic N) is 2. The summed E-state index contributed by atoms with van der Waals surface area (Å²) in [5.41, 5.74) is 1.05. The van der Waals surface area contributed by atoms with Crippen molar-refractivity contribution in [2.75, 3.05) is 11.9 Å². The molecule has 0 saturated heterocycles. The summed E-state index contributed by atoms with van der Waals surface area (Å²) >= 11 is 1.06. The lowest BCUT2D eigenvalue weighted by molar-refractivity contribution is -0.384. The van der Waals surface area contributed by atoms with Crippen LogP contribution >= 0.6 is 11.3 Å². The van der Waals surface area contributed by atoms with Crippen LogP contribution in [0.4, 0.5) is 10.8 Å². The number of nitro benzene ring substituents is 1. The molecular formula is C23H15N3O6S. The van der Waals surface area contributed by atoms with Crippen molar-refractivity contribution in [3.63, 3.8) is 0 Å². The van der Waals surface area contributed by atoms with Gasteiger partial charge in [0.1, 0.15) is 0 Å². The number of ketones is 1. The minimum atomic E-state index is -0.815. The van der Waals surface area contributed by atoms with E-state index in [1.165, 1.54) is 30.3 Å². The molecule has 0 aliphatic heterocycles. The molecule has 1 N–H and O–H groups in total. The number of nitrogens with one attached hydrogen (secondary N) is 1. The number of thiazole rings is 1. The smallest absolute Gasteiger partial charge is 0.339 e. The number of carbonyl (C=O) groups is 3. The molecule has 0 bridgehead atoms. The molecule has 0 radical (unpaired) electrons. The normalized spacial score (nSPS) is 10.5. The van der Waals surface area contributed by atoms with Crippen molar-refractivity contribution in [2.45, 2.75) is 0 Å². The van der Waals surface area contributed by atoms with Gasteiger partial charge >= 0.3 is 5.97 Å². The number of rotatable bonds is 7. The van der Waals surface area contributed by atoms with Gasteiger partial charge in [0.15, 0.2) is 17.5 Å². The summed E-state index contributed by atoms with van der Waals surface area (Å²) in [6.07, 6.45) is 0. The van der Waals surface area contributed by atoms with Crippen LogP contribution in [0.1, 0.15) is 26.3 Å². The van der Waals surface area contributed by atoms with Gasteiger partial charge in [0.2, 0.25) is 0 Å². The van der Waals surface area contributed by atoms with Crippen LogP contribution in [0, 0.1) is 10.1 Å². The van der Waals surface area contributed by atoms with Crippen LogP contribution in [0.15, 0.2) is 72.8 Å². The second-order valence-electron chi connectivity index (χ2n) is 6.79. The molecule has 1 amide bonds. The Bertz CT molecular complexity index is 1380. The van der Waals surface area contributed by atoms with Crippen molar-refractivity contribution in [3.05, 3.63) is 99.6 Å². The molecule has 0 aliphatic carbocycles. The second-order valence-corrected chi connectivity index (χ2v) is 7.82. The summed E-state index contributed by atoms with van der Waals surface area (Å²) in [6, 6.07) is 18.9. The van der Waals surface area contributed by atoms with Crippen LogP contribution in [-0.4, -0.2) is 34.2 Å². The zero-order valence-electron chi connectivity index (χ0n) is 16.9. The van der Waals surface area contributed by atoms with Gasteiger partial charge < -0.3 is 4.74 Å². The highest BCUT2D eigenvalue weighted by Gasteiger charge is 2.20. The predicted molar refractivity (Wildman–Crippen MR) is 122 cm³/mol. The number of carbonyl (C=O) groups excluding carboxylic acids is 3. The molecule has 0 spiro atoms. The molecule has 0 fully saturated rings. The third-order valence-corrected chi connectivity index (χ3v) is 5.52. The molecule has 0 unspecified atom stereocenters. The number of anilines is 1. The Morgan fingerprint density at radius 2 is 1.67 bits per heavy atom. The Morgan fingerprint density at radius 3 is 2.39 bits per heavy atom. The van der Waals surface area contributed by atoms with Gasteiger partial charge in [0.05, 0.1) is 20.7 Å². The predicted octanol–water partition coefficient (Wildman–Crippen LogP) is 4.23. The zero-order chi connectivity index (χ0) is 23.4. The molecule has 1 aromatic heterocycles. The van der Waals surface area contributed by atoms with E-state index in [-0.39, 0.29) is 27.7 Å². The van der Waals surface area contributed by atoms with Crippen LogP contribution in [0.3, 0.4) is 0 Å². The molecule has 164 valence electrons. The topological polar surface area (TPSA) is 128 Å². The van der Waals surface area contributed by atoms with E-state index in [0.29, 0.717) is 15.8 Å². The minimum Gasteiger partial charge on any atom is -0.452 e. The van der Waals surface area contributed by atoms with Crippen LogP contribution in [0.25, 0.3) is 10.2 Å². The first kappa shape index (κ1) is 21.8. The lowest BCUT2D eigenvalue weighted by Gasteiger charge is -2.09. The lowest BCUT2D eigenvalue weighted by Crippen LogP contribution is -2.22. The van der Waals surface area contributed by atoms with Crippen LogP contribution in [0.2, 0.25) is 0 Å². The number of amides is 1. The number of benzene rings is 3. The van der Waals surface area contributed by atoms with Gasteiger partial charge in [-0.25, -0.2) is 9.78 Å². The quantitative estimate of drug-likeness (QED) is 0.189. The van der Waals surface area contributed by atoms with Crippen LogP contribution in [0.5, 0.6) is 0 Å². The highest BCUT2D eigenvalue weighted by molar-refractivity contribution is 7.22. The van der Waals surface area contributed by atoms with Crippen molar-refractivity contribution >= 4 is 50.0 Å². The standard InChI is InChI=1S/C23H15N3O6S/c27-20(25-23-24-18-11-10-15(26(30)31)12-19(18)33-23)13-32-22(29)17-9-5-4-8-16(17)21(28)14-6-2-1-3-7-14/h1-12H,13H2,(H,24,25,27). The van der Waals surface area contributed by atoms with E-state index in [1.54, 1.807) is 42.5 Å². The van der Waals surface area contributed by atoms with E-state index < -0.39 is 23.4 Å². The third kappa shape index (κ3) is 4.91. The number of esters is 1. The van der Waals surface area contributed by atoms with Gasteiger partial charge in [0.25, 0.3) is 11.6 Å². The summed E-state index contributed by atoms with van der Waals surface area (Å²) in [5, 5.41) is 13.6. The van der Waals surface area contributed by atoms with E-state index in [1.807, 2.05) is 0 Å². The maximum absolute atomic E-state index is 12.8. The molecule has 33 heavy (non-hydrogen) atoms. The molecule has 3 aromatic carbocycles. The fourth-order valence-corrected chi connectivity index (χ4v) is 3.96. The minimum absolute atomic E-state index is 0.0476. The maximum Gasteiger partial charge on any atom is 0.339 e. The molecule has 0 atom stereocenters. The molecular weight excluding hydrogens is 446 g/mol. The number of hydrogen-bond acceptors (Lipinski definition) is 8. The van der Waals surface area contributed by atoms with E-state index in [9.17, 15) is 24.5 Å². The first-order valence-corrected chi connectivity index (χ1v) is 10.4. The molecule has 0 aliphatic rings. The number of ether oxygens (including phenoxy) is 1. The van der Waals surface area contributed by atoms with Crippen LogP contribution < -0.4 is 5.32 Å². The molecule has 9 nitrogen and oxygen atoms in total. The monoisotopic (exact) mass is 461 g/mol. The molecule has 4 aromatic rings. The van der Waals surface area contributed by atoms with Crippen molar-refractivity contribution in [1.82, 2.24) is 4.98 Å². The lowest BCUT2D eigenvalue weighted by atomic mass is 9.98. The van der Waals surface area contributed by atoms with Crippen molar-refractivity contribution in [2.24, 2.45) is 0 Å². The summed E-state index contributed by atoms with van der Waals surface area (Å²) in [6.45, 7) is -0.594. The van der Waals surface area contributed by atoms with Gasteiger partial charge in [-0.05, 0) is 12.1 Å². The number of aromatic nitrogens is 1. The van der Waals surface area contributed by atoms with Crippen molar-refractivity contribution in [3.8, 4) is 0 Å². The first-order valence-electron chi connectivity index (χ1n) is 9.63. The van der Waals surface area contributed by atoms with Crippen LogP contribution in [-0.2, 0) is 9.53 Å². The second kappa shape index (κ2) is 9.37. The number of fused-ring (bicyclic) bond motifs is 1. The summed E-state index contributed by atoms with van der Waals surface area (Å²) in [4.78, 5) is 52.1. The first-order chi connectivity index (χ1) is 15.9. The summed E-state index contributed by atoms with van der Waals surface area (Å²) < 4.78 is 5.63. The average Bonchev–Trinajstić information content (AvgIpc) is 3.24. The van der Waals surface area contributed by atoms with E-state index in [0.717, 1.165) is 11.3 Å². The Balaban J connectivity index is 1.42. The molecule has 4 rings (SSSR count). The summed E-state index contributed by atoms with van der Waals surface area (Å²) in [7, 11) is 0. The Labute approximate surface area is 190 Å². The highest BCUT2D eigenvalue weighted by Crippen LogP contribution is 2.29. The van der Waals surface area contributed by atoms with Gasteiger partial charge in [-0.1, -0.05) is 59.9 Å². The number of nitro groups is 1. The average molecular weight is 461 g/mol. The number of hydrogen-bond donors (Lipinski definition) is 1.